The molecular formula is C21H20FN5OS. The molecule has 0 amide bonds. The van der Waals surface area contributed by atoms with Crippen LogP contribution in [-0.4, -0.2) is 39.7 Å². The lowest BCUT2D eigenvalue weighted by Crippen LogP contribution is -2.25. The van der Waals surface area contributed by atoms with Gasteiger partial charge in [-0.15, -0.1) is 0 Å². The van der Waals surface area contributed by atoms with Gasteiger partial charge in [0.15, 0.2) is 0 Å². The van der Waals surface area contributed by atoms with Crippen LogP contribution in [0.3, 0.4) is 0 Å². The number of ether oxygens (including phenoxy) is 1. The summed E-state index contributed by atoms with van der Waals surface area (Å²) >= 11 is 1.66. The van der Waals surface area contributed by atoms with Crippen molar-refractivity contribution in [2.75, 3.05) is 19.0 Å². The van der Waals surface area contributed by atoms with Crippen molar-refractivity contribution in [1.82, 2.24) is 15.0 Å². The van der Waals surface area contributed by atoms with Gasteiger partial charge in [0.25, 0.3) is 0 Å². The molecule has 8 heteroatoms. The van der Waals surface area contributed by atoms with Crippen molar-refractivity contribution >= 4 is 33.5 Å². The summed E-state index contributed by atoms with van der Waals surface area (Å²) in [6.07, 6.45) is 4.81. The van der Waals surface area contributed by atoms with Gasteiger partial charge in [-0.3, -0.25) is 9.98 Å². The smallest absolute Gasteiger partial charge is 0.145 e. The zero-order chi connectivity index (χ0) is 20.4. The van der Waals surface area contributed by atoms with Gasteiger partial charge in [0.1, 0.15) is 29.2 Å². The number of hydrogen-bond acceptors (Lipinski definition) is 7. The molecule has 148 valence electrons. The zero-order valence-electron chi connectivity index (χ0n) is 16.3. The highest BCUT2D eigenvalue weighted by molar-refractivity contribution is 8.17. The SMILES string of the molecule is COc1cc(-c2ccc(F)cn2)cc2c(NC(C)C3=NCC=C(C)S3)ncnc12. The first kappa shape index (κ1) is 19.3. The Bertz CT molecular complexity index is 1110. The number of methoxy groups -OCH3 is 1. The van der Waals surface area contributed by atoms with Crippen LogP contribution in [0.25, 0.3) is 22.2 Å². The third kappa shape index (κ3) is 4.07. The van der Waals surface area contributed by atoms with E-state index in [4.69, 9.17) is 4.74 Å². The average molecular weight is 409 g/mol. The molecule has 0 aliphatic carbocycles. The monoisotopic (exact) mass is 409 g/mol. The zero-order valence-corrected chi connectivity index (χ0v) is 17.1. The van der Waals surface area contributed by atoms with E-state index < -0.39 is 0 Å². The van der Waals surface area contributed by atoms with Crippen LogP contribution < -0.4 is 10.1 Å². The van der Waals surface area contributed by atoms with E-state index in [2.05, 4.69) is 45.2 Å². The number of aromatic nitrogens is 3. The van der Waals surface area contributed by atoms with Gasteiger partial charge in [0, 0.05) is 10.9 Å². The molecule has 0 saturated heterocycles. The number of benzene rings is 1. The first-order valence-electron chi connectivity index (χ1n) is 9.15. The van der Waals surface area contributed by atoms with E-state index in [0.29, 0.717) is 29.3 Å². The minimum Gasteiger partial charge on any atom is -0.494 e. The lowest BCUT2D eigenvalue weighted by Gasteiger charge is -2.20. The molecule has 1 N–H and O–H groups in total. The van der Waals surface area contributed by atoms with Gasteiger partial charge < -0.3 is 10.1 Å². The van der Waals surface area contributed by atoms with Crippen molar-refractivity contribution in [3.63, 3.8) is 0 Å². The predicted molar refractivity (Wildman–Crippen MR) is 116 cm³/mol. The molecule has 0 radical (unpaired) electrons. The van der Waals surface area contributed by atoms with Gasteiger partial charge in [0.2, 0.25) is 0 Å². The standard InChI is InChI=1S/C21H20FN5OS/c1-12-6-7-23-21(29-12)13(2)27-20-16-8-14(17-5-4-15(22)10-24-17)9-18(28-3)19(16)25-11-26-20/h4-6,8-11,13H,7H2,1-3H3,(H,25,26,27). The number of nitrogens with zero attached hydrogens (tertiary/aromatic N) is 4. The Morgan fingerprint density at radius 2 is 2.07 bits per heavy atom. The van der Waals surface area contributed by atoms with Crippen LogP contribution in [0.5, 0.6) is 5.75 Å². The maximum atomic E-state index is 13.3. The molecule has 6 nitrogen and oxygen atoms in total. The predicted octanol–water partition coefficient (Wildman–Crippen LogP) is 4.69. The summed E-state index contributed by atoms with van der Waals surface area (Å²) < 4.78 is 18.8. The fourth-order valence-electron chi connectivity index (χ4n) is 3.10. The number of halogens is 1. The highest BCUT2D eigenvalue weighted by Crippen LogP contribution is 2.34. The highest BCUT2D eigenvalue weighted by atomic mass is 32.2. The van der Waals surface area contributed by atoms with Gasteiger partial charge in [-0.25, -0.2) is 14.4 Å². The van der Waals surface area contributed by atoms with Crippen LogP contribution in [0.2, 0.25) is 0 Å². The number of anilines is 1. The summed E-state index contributed by atoms with van der Waals surface area (Å²) in [6, 6.07) is 6.79. The second kappa shape index (κ2) is 8.16. The Balaban J connectivity index is 1.75. The van der Waals surface area contributed by atoms with Crippen LogP contribution in [0.4, 0.5) is 10.2 Å². The quantitative estimate of drug-likeness (QED) is 0.659. The molecule has 3 aromatic rings. The van der Waals surface area contributed by atoms with Crippen molar-refractivity contribution < 1.29 is 9.13 Å². The van der Waals surface area contributed by atoms with Gasteiger partial charge in [-0.2, -0.15) is 0 Å². The van der Waals surface area contributed by atoms with Crippen molar-refractivity contribution in [3.8, 4) is 17.0 Å². The number of thioether (sulfide) groups is 1. The Morgan fingerprint density at radius 1 is 1.21 bits per heavy atom. The maximum Gasteiger partial charge on any atom is 0.145 e. The van der Waals surface area contributed by atoms with Crippen LogP contribution in [-0.2, 0) is 0 Å². The third-order valence-electron chi connectivity index (χ3n) is 4.56. The largest absolute Gasteiger partial charge is 0.494 e. The number of aliphatic imine (C=N–C) groups is 1. The Labute approximate surface area is 172 Å². The minimum absolute atomic E-state index is 0.0136. The number of hydrogen-bond donors (Lipinski definition) is 1. The first-order valence-corrected chi connectivity index (χ1v) is 9.97. The second-order valence-corrected chi connectivity index (χ2v) is 7.89. The number of rotatable bonds is 5. The summed E-state index contributed by atoms with van der Waals surface area (Å²) in [5.74, 6) is 0.904. The highest BCUT2D eigenvalue weighted by Gasteiger charge is 2.18. The Hall–Kier alpha value is -3.00. The molecule has 2 aromatic heterocycles. The number of fused-ring (bicyclic) bond motifs is 1. The molecule has 1 aromatic carbocycles. The Kier molecular flexibility index (Phi) is 5.44. The fraction of sp³-hybridized carbons (Fsp3) is 0.238. The summed E-state index contributed by atoms with van der Waals surface area (Å²) in [5, 5.41) is 5.26. The van der Waals surface area contributed by atoms with E-state index in [0.717, 1.165) is 16.0 Å². The van der Waals surface area contributed by atoms with Crippen LogP contribution >= 0.6 is 11.8 Å². The molecule has 0 fully saturated rings. The topological polar surface area (TPSA) is 72.3 Å². The summed E-state index contributed by atoms with van der Waals surface area (Å²) in [5.41, 5.74) is 2.13. The van der Waals surface area contributed by atoms with E-state index in [-0.39, 0.29) is 11.9 Å². The van der Waals surface area contributed by atoms with Crippen molar-refractivity contribution in [3.05, 3.63) is 53.6 Å². The third-order valence-corrected chi connectivity index (χ3v) is 5.74. The first-order chi connectivity index (χ1) is 14.0. The number of pyridine rings is 1. The van der Waals surface area contributed by atoms with Gasteiger partial charge >= 0.3 is 0 Å². The molecule has 29 heavy (non-hydrogen) atoms. The van der Waals surface area contributed by atoms with Gasteiger partial charge in [0.05, 0.1) is 36.6 Å². The summed E-state index contributed by atoms with van der Waals surface area (Å²) in [7, 11) is 1.59. The van der Waals surface area contributed by atoms with Crippen LogP contribution in [0.15, 0.2) is 52.8 Å². The molecular weight excluding hydrogens is 389 g/mol. The lowest BCUT2D eigenvalue weighted by molar-refractivity contribution is 0.419. The summed E-state index contributed by atoms with van der Waals surface area (Å²) in [6.45, 7) is 4.83. The molecule has 1 aliphatic rings. The molecule has 0 saturated carbocycles. The van der Waals surface area contributed by atoms with Crippen molar-refractivity contribution in [2.24, 2.45) is 4.99 Å². The van der Waals surface area contributed by atoms with E-state index in [9.17, 15) is 4.39 Å². The van der Waals surface area contributed by atoms with E-state index in [1.54, 1.807) is 24.9 Å². The van der Waals surface area contributed by atoms with E-state index in [1.807, 2.05) is 12.1 Å². The van der Waals surface area contributed by atoms with E-state index >= 15 is 0 Å². The lowest BCUT2D eigenvalue weighted by atomic mass is 10.1. The molecule has 1 aliphatic heterocycles. The Morgan fingerprint density at radius 3 is 2.79 bits per heavy atom. The van der Waals surface area contributed by atoms with Crippen molar-refractivity contribution in [2.45, 2.75) is 19.9 Å². The van der Waals surface area contributed by atoms with Gasteiger partial charge in [-0.05, 0) is 43.0 Å². The molecule has 3 heterocycles. The van der Waals surface area contributed by atoms with Gasteiger partial charge in [-0.1, -0.05) is 17.8 Å². The maximum absolute atomic E-state index is 13.3. The number of nitrogens with one attached hydrogen (secondary N) is 1. The average Bonchev–Trinajstić information content (AvgIpc) is 2.74. The minimum atomic E-state index is -0.379. The van der Waals surface area contributed by atoms with E-state index in [1.165, 1.54) is 23.5 Å². The van der Waals surface area contributed by atoms with Crippen LogP contribution in [0.1, 0.15) is 13.8 Å². The summed E-state index contributed by atoms with van der Waals surface area (Å²) in [4.78, 5) is 18.9. The number of allylic oxidation sites excluding steroid dienone is 1. The molecule has 1 unspecified atom stereocenters. The molecule has 0 spiro atoms. The fourth-order valence-corrected chi connectivity index (χ4v) is 3.96. The van der Waals surface area contributed by atoms with Crippen molar-refractivity contribution in [1.29, 1.82) is 0 Å². The van der Waals surface area contributed by atoms with Crippen LogP contribution in [0, 0.1) is 5.82 Å². The second-order valence-electron chi connectivity index (χ2n) is 6.62. The molecule has 4 rings (SSSR count). The molecule has 0 bridgehead atoms. The normalized spacial score (nSPS) is 14.9. The molecule has 1 atom stereocenters.